The third kappa shape index (κ3) is 2.68. The molecule has 0 fully saturated rings. The number of nitrogen functional groups attached to an aromatic ring is 1. The summed E-state index contributed by atoms with van der Waals surface area (Å²) in [5.74, 6) is 5.55. The van der Waals surface area contributed by atoms with Gasteiger partial charge in [-0.05, 0) is 24.3 Å². The number of nitrogens with zero attached hydrogens (tertiary/aromatic N) is 1. The van der Waals surface area contributed by atoms with Gasteiger partial charge in [-0.1, -0.05) is 11.3 Å². The molecule has 0 saturated heterocycles. The van der Waals surface area contributed by atoms with Crippen molar-refractivity contribution in [2.75, 3.05) is 5.43 Å². The standard InChI is InChI=1S/C10H10FN3OS/c11-7-1-3-8(4-2-7)15-6-9-5-13-10(14-12)16-9/h1-5H,6,12H2,(H,13,14). The SMILES string of the molecule is NNc1ncc(COc2ccc(F)cc2)s1. The fourth-order valence-corrected chi connectivity index (χ4v) is 1.76. The zero-order valence-corrected chi connectivity index (χ0v) is 9.13. The van der Waals surface area contributed by atoms with Crippen LogP contribution in [-0.2, 0) is 6.61 Å². The number of hydrogen-bond donors (Lipinski definition) is 2. The van der Waals surface area contributed by atoms with Gasteiger partial charge in [-0.15, -0.1) is 0 Å². The van der Waals surface area contributed by atoms with E-state index in [4.69, 9.17) is 10.6 Å². The predicted octanol–water partition coefficient (Wildman–Crippen LogP) is 2.15. The molecule has 3 N–H and O–H groups in total. The lowest BCUT2D eigenvalue weighted by Gasteiger charge is -2.03. The van der Waals surface area contributed by atoms with Gasteiger partial charge in [0.1, 0.15) is 18.2 Å². The van der Waals surface area contributed by atoms with Gasteiger partial charge < -0.3 is 4.74 Å². The topological polar surface area (TPSA) is 60.2 Å². The minimum absolute atomic E-state index is 0.278. The largest absolute Gasteiger partial charge is 0.488 e. The highest BCUT2D eigenvalue weighted by Crippen LogP contribution is 2.19. The van der Waals surface area contributed by atoms with Gasteiger partial charge in [-0.25, -0.2) is 15.2 Å². The number of aromatic nitrogens is 1. The molecule has 0 radical (unpaired) electrons. The van der Waals surface area contributed by atoms with E-state index in [-0.39, 0.29) is 5.82 Å². The molecule has 16 heavy (non-hydrogen) atoms. The fraction of sp³-hybridized carbons (Fsp3) is 0.100. The smallest absolute Gasteiger partial charge is 0.197 e. The van der Waals surface area contributed by atoms with Gasteiger partial charge in [0.2, 0.25) is 0 Å². The normalized spacial score (nSPS) is 10.1. The van der Waals surface area contributed by atoms with Crippen LogP contribution in [0, 0.1) is 5.82 Å². The lowest BCUT2D eigenvalue weighted by Crippen LogP contribution is -2.05. The molecule has 2 rings (SSSR count). The molecule has 2 aromatic rings. The van der Waals surface area contributed by atoms with Crippen LogP contribution in [-0.4, -0.2) is 4.98 Å². The van der Waals surface area contributed by atoms with Gasteiger partial charge in [0.15, 0.2) is 5.13 Å². The van der Waals surface area contributed by atoms with E-state index in [0.717, 1.165) is 4.88 Å². The number of nitrogens with two attached hydrogens (primary N) is 1. The number of ether oxygens (including phenoxy) is 1. The number of benzene rings is 1. The molecule has 6 heteroatoms. The Balaban J connectivity index is 1.94. The zero-order valence-electron chi connectivity index (χ0n) is 8.31. The van der Waals surface area contributed by atoms with Gasteiger partial charge >= 0.3 is 0 Å². The average molecular weight is 239 g/mol. The summed E-state index contributed by atoms with van der Waals surface area (Å²) in [5.41, 5.74) is 2.46. The number of hydrogen-bond acceptors (Lipinski definition) is 5. The Morgan fingerprint density at radius 2 is 2.12 bits per heavy atom. The van der Waals surface area contributed by atoms with Crippen LogP contribution in [0.5, 0.6) is 5.75 Å². The maximum atomic E-state index is 12.6. The molecule has 0 atom stereocenters. The van der Waals surface area contributed by atoms with Gasteiger partial charge in [0, 0.05) is 6.20 Å². The molecular formula is C10H10FN3OS. The van der Waals surface area contributed by atoms with Crippen molar-refractivity contribution < 1.29 is 9.13 Å². The fourth-order valence-electron chi connectivity index (χ4n) is 1.13. The molecule has 0 saturated carbocycles. The Morgan fingerprint density at radius 1 is 1.38 bits per heavy atom. The summed E-state index contributed by atoms with van der Waals surface area (Å²) < 4.78 is 18.1. The lowest BCUT2D eigenvalue weighted by atomic mass is 10.3. The van der Waals surface area contributed by atoms with Gasteiger partial charge in [0.25, 0.3) is 0 Å². The first kappa shape index (κ1) is 10.8. The second kappa shape index (κ2) is 4.91. The summed E-state index contributed by atoms with van der Waals surface area (Å²) in [4.78, 5) is 4.95. The summed E-state index contributed by atoms with van der Waals surface area (Å²) in [6.45, 7) is 0.394. The van der Waals surface area contributed by atoms with Crippen LogP contribution >= 0.6 is 11.3 Å². The quantitative estimate of drug-likeness (QED) is 0.634. The Kier molecular flexibility index (Phi) is 3.33. The van der Waals surface area contributed by atoms with E-state index in [9.17, 15) is 4.39 Å². The predicted molar refractivity (Wildman–Crippen MR) is 60.7 cm³/mol. The molecule has 1 aromatic heterocycles. The number of nitrogens with one attached hydrogen (secondary N) is 1. The van der Waals surface area contributed by atoms with Gasteiger partial charge in [0.05, 0.1) is 4.88 Å². The molecule has 1 heterocycles. The number of thiazole rings is 1. The van der Waals surface area contributed by atoms with Crippen molar-refractivity contribution in [1.29, 1.82) is 0 Å². The lowest BCUT2D eigenvalue weighted by molar-refractivity contribution is 0.309. The Labute approximate surface area is 95.9 Å². The first-order valence-electron chi connectivity index (χ1n) is 4.57. The van der Waals surface area contributed by atoms with E-state index >= 15 is 0 Å². The second-order valence-electron chi connectivity index (χ2n) is 3.02. The summed E-state index contributed by atoms with van der Waals surface area (Å²) in [5, 5.41) is 0.637. The van der Waals surface area contributed by atoms with Crippen LogP contribution in [0.25, 0.3) is 0 Å². The number of hydrazine groups is 1. The maximum absolute atomic E-state index is 12.6. The molecule has 1 aromatic carbocycles. The van der Waals surface area contributed by atoms with Crippen molar-refractivity contribution in [3.8, 4) is 5.75 Å². The van der Waals surface area contributed by atoms with E-state index < -0.39 is 0 Å². The van der Waals surface area contributed by atoms with E-state index in [1.54, 1.807) is 18.3 Å². The maximum Gasteiger partial charge on any atom is 0.197 e. The van der Waals surface area contributed by atoms with E-state index in [1.807, 2.05) is 0 Å². The molecule has 84 valence electrons. The molecule has 0 aliphatic heterocycles. The first-order chi connectivity index (χ1) is 7.78. The molecule has 0 unspecified atom stereocenters. The van der Waals surface area contributed by atoms with Gasteiger partial charge in [-0.2, -0.15) is 0 Å². The van der Waals surface area contributed by atoms with Crippen LogP contribution in [0.1, 0.15) is 4.88 Å². The van der Waals surface area contributed by atoms with Crippen molar-refractivity contribution in [3.63, 3.8) is 0 Å². The van der Waals surface area contributed by atoms with Crippen LogP contribution in [0.15, 0.2) is 30.5 Å². The third-order valence-electron chi connectivity index (χ3n) is 1.87. The van der Waals surface area contributed by atoms with Crippen LogP contribution < -0.4 is 16.0 Å². The summed E-state index contributed by atoms with van der Waals surface area (Å²) >= 11 is 1.41. The highest BCUT2D eigenvalue weighted by atomic mass is 32.1. The van der Waals surface area contributed by atoms with Crippen LogP contribution in [0.3, 0.4) is 0 Å². The van der Waals surface area contributed by atoms with Gasteiger partial charge in [-0.3, -0.25) is 5.43 Å². The summed E-state index contributed by atoms with van der Waals surface area (Å²) in [6.07, 6.45) is 1.68. The van der Waals surface area contributed by atoms with E-state index in [2.05, 4.69) is 10.4 Å². The number of halogens is 1. The van der Waals surface area contributed by atoms with Crippen LogP contribution in [0.2, 0.25) is 0 Å². The monoisotopic (exact) mass is 239 g/mol. The van der Waals surface area contributed by atoms with Crippen molar-refractivity contribution in [1.82, 2.24) is 4.98 Å². The minimum atomic E-state index is -0.278. The molecule has 0 amide bonds. The van der Waals surface area contributed by atoms with E-state index in [0.29, 0.717) is 17.5 Å². The van der Waals surface area contributed by atoms with Crippen molar-refractivity contribution >= 4 is 16.5 Å². The van der Waals surface area contributed by atoms with Crippen LogP contribution in [0.4, 0.5) is 9.52 Å². The molecule has 0 aliphatic rings. The van der Waals surface area contributed by atoms with E-state index in [1.165, 1.54) is 23.5 Å². The first-order valence-corrected chi connectivity index (χ1v) is 5.39. The molecule has 0 bridgehead atoms. The minimum Gasteiger partial charge on any atom is -0.488 e. The third-order valence-corrected chi connectivity index (χ3v) is 2.77. The summed E-state index contributed by atoms with van der Waals surface area (Å²) in [6, 6.07) is 5.88. The Hall–Kier alpha value is -1.66. The number of rotatable bonds is 4. The van der Waals surface area contributed by atoms with Crippen molar-refractivity contribution in [2.45, 2.75) is 6.61 Å². The highest BCUT2D eigenvalue weighted by molar-refractivity contribution is 7.15. The zero-order chi connectivity index (χ0) is 11.4. The average Bonchev–Trinajstić information content (AvgIpc) is 2.76. The molecule has 4 nitrogen and oxygen atoms in total. The number of anilines is 1. The van der Waals surface area contributed by atoms with Crippen molar-refractivity contribution in [3.05, 3.63) is 41.2 Å². The molecular weight excluding hydrogens is 229 g/mol. The Morgan fingerprint density at radius 3 is 2.75 bits per heavy atom. The highest BCUT2D eigenvalue weighted by Gasteiger charge is 2.01. The molecule has 0 aliphatic carbocycles. The summed E-state index contributed by atoms with van der Waals surface area (Å²) in [7, 11) is 0. The molecule has 0 spiro atoms. The second-order valence-corrected chi connectivity index (χ2v) is 4.13. The Bertz CT molecular complexity index is 457. The van der Waals surface area contributed by atoms with Crippen molar-refractivity contribution in [2.24, 2.45) is 5.84 Å².